The molecule has 0 unspecified atom stereocenters. The van der Waals surface area contributed by atoms with Crippen LogP contribution in [0.5, 0.6) is 5.75 Å². The zero-order valence-corrected chi connectivity index (χ0v) is 8.90. The van der Waals surface area contributed by atoms with Gasteiger partial charge in [0.1, 0.15) is 0 Å². The van der Waals surface area contributed by atoms with Crippen molar-refractivity contribution in [2.24, 2.45) is 0 Å². The van der Waals surface area contributed by atoms with Gasteiger partial charge >= 0.3 is 6.18 Å². The molecule has 0 aliphatic rings. The minimum Gasteiger partial charge on any atom is -0.493 e. The van der Waals surface area contributed by atoms with Crippen molar-refractivity contribution >= 4 is 0 Å². The van der Waals surface area contributed by atoms with E-state index >= 15 is 0 Å². The van der Waals surface area contributed by atoms with Crippen LogP contribution in [0.25, 0.3) is 5.69 Å². The third-order valence-corrected chi connectivity index (χ3v) is 2.25. The largest absolute Gasteiger partial charge is 0.493 e. The Hall–Kier alpha value is -1.98. The predicted octanol–water partition coefficient (Wildman–Crippen LogP) is 2.90. The quantitative estimate of drug-likeness (QED) is 0.809. The number of alkyl halides is 3. The van der Waals surface area contributed by atoms with Gasteiger partial charge in [-0.25, -0.2) is 4.68 Å². The second kappa shape index (κ2) is 4.12. The molecule has 0 N–H and O–H groups in total. The van der Waals surface area contributed by atoms with Crippen LogP contribution in [0.2, 0.25) is 0 Å². The van der Waals surface area contributed by atoms with Crippen LogP contribution in [0.15, 0.2) is 36.7 Å². The number of benzene rings is 1. The molecule has 0 saturated carbocycles. The van der Waals surface area contributed by atoms with Crippen molar-refractivity contribution in [2.75, 3.05) is 7.11 Å². The molecule has 3 nitrogen and oxygen atoms in total. The van der Waals surface area contributed by atoms with Gasteiger partial charge in [-0.3, -0.25) is 0 Å². The lowest BCUT2D eigenvalue weighted by Crippen LogP contribution is -2.05. The number of hydrogen-bond donors (Lipinski definition) is 0. The van der Waals surface area contributed by atoms with Crippen LogP contribution in [-0.2, 0) is 6.18 Å². The van der Waals surface area contributed by atoms with E-state index in [-0.39, 0.29) is 0 Å². The molecule has 2 rings (SSSR count). The summed E-state index contributed by atoms with van der Waals surface area (Å²) >= 11 is 0. The van der Waals surface area contributed by atoms with E-state index in [1.165, 1.54) is 30.1 Å². The summed E-state index contributed by atoms with van der Waals surface area (Å²) in [5.74, 6) is 0.546. The fourth-order valence-electron chi connectivity index (χ4n) is 1.36. The molecule has 0 radical (unpaired) electrons. The first kappa shape index (κ1) is 11.5. The lowest BCUT2D eigenvalue weighted by atomic mass is 10.2. The summed E-state index contributed by atoms with van der Waals surface area (Å²) in [7, 11) is 1.49. The van der Waals surface area contributed by atoms with Gasteiger partial charge in [-0.05, 0) is 24.3 Å². The predicted molar refractivity (Wildman–Crippen MR) is 55.1 cm³/mol. The molecule has 90 valence electrons. The van der Waals surface area contributed by atoms with E-state index in [1.54, 1.807) is 6.20 Å². The Morgan fingerprint density at radius 3 is 2.29 bits per heavy atom. The fraction of sp³-hybridized carbons (Fsp3) is 0.182. The molecule has 0 bridgehead atoms. The number of methoxy groups -OCH3 is 1. The van der Waals surface area contributed by atoms with Crippen LogP contribution in [-0.4, -0.2) is 16.9 Å². The molecular formula is C11H9F3N2O. The van der Waals surface area contributed by atoms with E-state index in [0.29, 0.717) is 11.4 Å². The molecule has 1 aromatic heterocycles. The third-order valence-electron chi connectivity index (χ3n) is 2.25. The number of halogens is 3. The van der Waals surface area contributed by atoms with Gasteiger partial charge in [0.15, 0.2) is 5.75 Å². The molecule has 6 heteroatoms. The van der Waals surface area contributed by atoms with E-state index < -0.39 is 11.7 Å². The van der Waals surface area contributed by atoms with Crippen LogP contribution < -0.4 is 4.74 Å². The fourth-order valence-corrected chi connectivity index (χ4v) is 1.36. The molecule has 1 heterocycles. The Kier molecular flexibility index (Phi) is 2.79. The molecule has 0 aliphatic carbocycles. The molecule has 0 atom stereocenters. The Morgan fingerprint density at radius 1 is 1.18 bits per heavy atom. The summed E-state index contributed by atoms with van der Waals surface area (Å²) in [5, 5.41) is 3.96. The molecule has 17 heavy (non-hydrogen) atoms. The van der Waals surface area contributed by atoms with Gasteiger partial charge < -0.3 is 4.74 Å². The average molecular weight is 242 g/mol. The second-order valence-corrected chi connectivity index (χ2v) is 3.37. The molecule has 0 fully saturated rings. The zero-order chi connectivity index (χ0) is 12.5. The molecule has 2 aromatic rings. The summed E-state index contributed by atoms with van der Waals surface area (Å²) in [6.45, 7) is 0. The topological polar surface area (TPSA) is 27.1 Å². The van der Waals surface area contributed by atoms with Gasteiger partial charge in [0.2, 0.25) is 0 Å². The lowest BCUT2D eigenvalue weighted by Gasteiger charge is -2.07. The van der Waals surface area contributed by atoms with Gasteiger partial charge in [-0.15, -0.1) is 0 Å². The standard InChI is InChI=1S/C11H9F3N2O/c1-17-10-6-15-16(7-10)9-4-2-8(3-5-9)11(12,13)14/h2-7H,1H3. The highest BCUT2D eigenvalue weighted by atomic mass is 19.4. The summed E-state index contributed by atoms with van der Waals surface area (Å²) in [5.41, 5.74) is -0.137. The van der Waals surface area contributed by atoms with E-state index in [1.807, 2.05) is 0 Å². The number of rotatable bonds is 2. The van der Waals surface area contributed by atoms with E-state index in [9.17, 15) is 13.2 Å². The highest BCUT2D eigenvalue weighted by Gasteiger charge is 2.29. The van der Waals surface area contributed by atoms with Crippen molar-refractivity contribution in [1.29, 1.82) is 0 Å². The second-order valence-electron chi connectivity index (χ2n) is 3.37. The number of aromatic nitrogens is 2. The third kappa shape index (κ3) is 2.41. The van der Waals surface area contributed by atoms with Crippen molar-refractivity contribution in [3.63, 3.8) is 0 Å². The van der Waals surface area contributed by atoms with E-state index in [4.69, 9.17) is 4.74 Å². The average Bonchev–Trinajstić information content (AvgIpc) is 2.76. The summed E-state index contributed by atoms with van der Waals surface area (Å²) in [4.78, 5) is 0. The Bertz CT molecular complexity index is 502. The Labute approximate surface area is 95.4 Å². The maximum absolute atomic E-state index is 12.3. The summed E-state index contributed by atoms with van der Waals surface area (Å²) < 4.78 is 43.4. The van der Waals surface area contributed by atoms with Crippen LogP contribution in [0.1, 0.15) is 5.56 Å². The maximum Gasteiger partial charge on any atom is 0.416 e. The van der Waals surface area contributed by atoms with Gasteiger partial charge in [-0.2, -0.15) is 18.3 Å². The van der Waals surface area contributed by atoms with Crippen LogP contribution in [0.4, 0.5) is 13.2 Å². The number of hydrogen-bond acceptors (Lipinski definition) is 2. The Balaban J connectivity index is 2.29. The number of nitrogens with zero attached hydrogens (tertiary/aromatic N) is 2. The normalized spacial score (nSPS) is 11.5. The van der Waals surface area contributed by atoms with Gasteiger partial charge in [-0.1, -0.05) is 0 Å². The lowest BCUT2D eigenvalue weighted by molar-refractivity contribution is -0.137. The molecule has 0 spiro atoms. The summed E-state index contributed by atoms with van der Waals surface area (Å²) in [6.07, 6.45) is -1.25. The first-order chi connectivity index (χ1) is 8.00. The highest BCUT2D eigenvalue weighted by Crippen LogP contribution is 2.29. The molecule has 1 aromatic carbocycles. The first-order valence-corrected chi connectivity index (χ1v) is 4.77. The van der Waals surface area contributed by atoms with Crippen molar-refractivity contribution in [3.8, 4) is 11.4 Å². The Morgan fingerprint density at radius 2 is 1.82 bits per heavy atom. The minimum atomic E-state index is -4.32. The smallest absolute Gasteiger partial charge is 0.416 e. The van der Waals surface area contributed by atoms with Crippen LogP contribution in [0.3, 0.4) is 0 Å². The summed E-state index contributed by atoms with van der Waals surface area (Å²) in [6, 6.07) is 4.75. The van der Waals surface area contributed by atoms with Crippen molar-refractivity contribution < 1.29 is 17.9 Å². The zero-order valence-electron chi connectivity index (χ0n) is 8.90. The van der Waals surface area contributed by atoms with E-state index in [0.717, 1.165) is 12.1 Å². The molecule has 0 amide bonds. The highest BCUT2D eigenvalue weighted by molar-refractivity contribution is 5.36. The van der Waals surface area contributed by atoms with Gasteiger partial charge in [0, 0.05) is 0 Å². The molecule has 0 aliphatic heterocycles. The van der Waals surface area contributed by atoms with Crippen LogP contribution >= 0.6 is 0 Å². The minimum absolute atomic E-state index is 0.543. The van der Waals surface area contributed by atoms with E-state index in [2.05, 4.69) is 5.10 Å². The van der Waals surface area contributed by atoms with Crippen molar-refractivity contribution in [2.45, 2.75) is 6.18 Å². The van der Waals surface area contributed by atoms with Gasteiger partial charge in [0.05, 0.1) is 30.8 Å². The van der Waals surface area contributed by atoms with Crippen molar-refractivity contribution in [3.05, 3.63) is 42.2 Å². The van der Waals surface area contributed by atoms with Crippen molar-refractivity contribution in [1.82, 2.24) is 9.78 Å². The molecular weight excluding hydrogens is 233 g/mol. The van der Waals surface area contributed by atoms with Crippen LogP contribution in [0, 0.1) is 0 Å². The van der Waals surface area contributed by atoms with Gasteiger partial charge in [0.25, 0.3) is 0 Å². The maximum atomic E-state index is 12.3. The monoisotopic (exact) mass is 242 g/mol. The number of ether oxygens (including phenoxy) is 1. The first-order valence-electron chi connectivity index (χ1n) is 4.77. The SMILES string of the molecule is COc1cnn(-c2ccc(C(F)(F)F)cc2)c1. The molecule has 0 saturated heterocycles.